The van der Waals surface area contributed by atoms with Crippen molar-refractivity contribution in [3.05, 3.63) is 77.0 Å². The van der Waals surface area contributed by atoms with Gasteiger partial charge in [-0.25, -0.2) is 9.97 Å². The number of pyridine rings is 1. The van der Waals surface area contributed by atoms with Crippen LogP contribution in [0.1, 0.15) is 45.5 Å². The van der Waals surface area contributed by atoms with Crippen molar-refractivity contribution in [1.29, 1.82) is 5.41 Å². The van der Waals surface area contributed by atoms with E-state index in [1.165, 1.54) is 43.1 Å². The first-order valence-corrected chi connectivity index (χ1v) is 13.2. The summed E-state index contributed by atoms with van der Waals surface area (Å²) < 4.78 is 41.8. The van der Waals surface area contributed by atoms with Crippen molar-refractivity contribution in [3.63, 3.8) is 0 Å². The maximum absolute atomic E-state index is 13.9. The van der Waals surface area contributed by atoms with Gasteiger partial charge in [-0.05, 0) is 49.6 Å². The standard InChI is InChI=1S/C29H29F3N8O/c1-39-8-10-40(11-9-39)17-20-3-4-23(13-25(20)29(30,31)32)38-28(41)21-12-19(14-34-15-21)2-7-26(33)24-16-35-18-36-27(24)37-22-5-6-22/h3-4,12-16,18,22,33H,5-6,8-11,17H2,1H3,(H,38,41)(H,35,36,37). The molecule has 41 heavy (non-hydrogen) atoms. The molecule has 2 aliphatic rings. The minimum atomic E-state index is -4.57. The molecule has 0 radical (unpaired) electrons. The van der Waals surface area contributed by atoms with Crippen LogP contribution in [-0.2, 0) is 12.7 Å². The van der Waals surface area contributed by atoms with Crippen LogP contribution in [0.5, 0.6) is 0 Å². The lowest BCUT2D eigenvalue weighted by Gasteiger charge is -2.33. The molecule has 3 heterocycles. The zero-order valence-electron chi connectivity index (χ0n) is 22.4. The van der Waals surface area contributed by atoms with E-state index in [0.717, 1.165) is 32.0 Å². The highest BCUT2D eigenvalue weighted by molar-refractivity contribution is 6.13. The van der Waals surface area contributed by atoms with E-state index in [9.17, 15) is 18.0 Å². The van der Waals surface area contributed by atoms with Gasteiger partial charge >= 0.3 is 6.18 Å². The van der Waals surface area contributed by atoms with Crippen molar-refractivity contribution < 1.29 is 18.0 Å². The molecule has 1 aliphatic carbocycles. The Labute approximate surface area is 235 Å². The number of aromatic nitrogens is 3. The minimum Gasteiger partial charge on any atom is -0.367 e. The normalized spacial score (nSPS) is 16.0. The number of benzene rings is 1. The Hall–Kier alpha value is -4.34. The second-order valence-electron chi connectivity index (χ2n) is 10.2. The van der Waals surface area contributed by atoms with E-state index in [2.05, 4.69) is 42.3 Å². The molecule has 9 nitrogen and oxygen atoms in total. The maximum Gasteiger partial charge on any atom is 0.416 e. The second kappa shape index (κ2) is 12.0. The van der Waals surface area contributed by atoms with Gasteiger partial charge in [0.05, 0.1) is 16.7 Å². The van der Waals surface area contributed by atoms with E-state index in [-0.39, 0.29) is 29.1 Å². The van der Waals surface area contributed by atoms with Gasteiger partial charge in [0.1, 0.15) is 17.9 Å². The van der Waals surface area contributed by atoms with Crippen molar-refractivity contribution in [2.24, 2.45) is 0 Å². The Morgan fingerprint density at radius 2 is 1.88 bits per heavy atom. The highest BCUT2D eigenvalue weighted by Gasteiger charge is 2.34. The number of piperazine rings is 1. The zero-order chi connectivity index (χ0) is 29.0. The van der Waals surface area contributed by atoms with Crippen molar-refractivity contribution in [1.82, 2.24) is 24.8 Å². The molecule has 2 aromatic heterocycles. The lowest BCUT2D eigenvalue weighted by molar-refractivity contribution is -0.138. The van der Waals surface area contributed by atoms with Gasteiger partial charge in [0, 0.05) is 68.6 Å². The van der Waals surface area contributed by atoms with Crippen LogP contribution in [0, 0.1) is 17.3 Å². The summed E-state index contributed by atoms with van der Waals surface area (Å²) in [5, 5.41) is 14.2. The van der Waals surface area contributed by atoms with Gasteiger partial charge in [0.2, 0.25) is 0 Å². The van der Waals surface area contributed by atoms with E-state index in [1.807, 2.05) is 11.9 Å². The molecule has 5 rings (SSSR count). The molecule has 1 saturated carbocycles. The van der Waals surface area contributed by atoms with Crippen molar-refractivity contribution in [2.75, 3.05) is 43.9 Å². The smallest absolute Gasteiger partial charge is 0.367 e. The largest absolute Gasteiger partial charge is 0.416 e. The fraction of sp³-hybridized carbons (Fsp3) is 0.345. The van der Waals surface area contributed by atoms with Crippen molar-refractivity contribution >= 4 is 23.1 Å². The van der Waals surface area contributed by atoms with Crippen molar-refractivity contribution in [2.45, 2.75) is 31.6 Å². The molecule has 0 bridgehead atoms. The number of carbonyl (C=O) groups excluding carboxylic acids is 1. The topological polar surface area (TPSA) is 110 Å². The minimum absolute atomic E-state index is 0.0000481. The molecular formula is C29H29F3N8O. The van der Waals surface area contributed by atoms with Gasteiger partial charge in [0.25, 0.3) is 5.91 Å². The van der Waals surface area contributed by atoms with Gasteiger partial charge in [0.15, 0.2) is 0 Å². The molecule has 12 heteroatoms. The van der Waals surface area contributed by atoms with Crippen LogP contribution in [0.3, 0.4) is 0 Å². The third-order valence-electron chi connectivity index (χ3n) is 6.90. The summed E-state index contributed by atoms with van der Waals surface area (Å²) in [4.78, 5) is 29.3. The van der Waals surface area contributed by atoms with Gasteiger partial charge in [-0.15, -0.1) is 0 Å². The van der Waals surface area contributed by atoms with Gasteiger partial charge in [-0.1, -0.05) is 12.0 Å². The van der Waals surface area contributed by atoms with E-state index >= 15 is 0 Å². The SMILES string of the molecule is CN1CCN(Cc2ccc(NC(=O)c3cncc(C#CC(=N)c4cncnc4NC4CC4)c3)cc2C(F)(F)F)CC1. The second-order valence-corrected chi connectivity index (χ2v) is 10.2. The van der Waals surface area contributed by atoms with Crippen LogP contribution in [0.25, 0.3) is 0 Å². The molecule has 1 aliphatic heterocycles. The molecule has 2 fully saturated rings. The number of nitrogens with zero attached hydrogens (tertiary/aromatic N) is 5. The summed E-state index contributed by atoms with van der Waals surface area (Å²) in [7, 11) is 1.99. The summed E-state index contributed by atoms with van der Waals surface area (Å²) in [5.74, 6) is 5.48. The summed E-state index contributed by atoms with van der Waals surface area (Å²) in [5.41, 5.74) is 0.381. The number of alkyl halides is 3. The average molecular weight is 563 g/mol. The number of rotatable bonds is 7. The van der Waals surface area contributed by atoms with Crippen LogP contribution >= 0.6 is 0 Å². The summed E-state index contributed by atoms with van der Waals surface area (Å²) >= 11 is 0. The van der Waals surface area contributed by atoms with Crippen LogP contribution in [0.15, 0.2) is 49.2 Å². The van der Waals surface area contributed by atoms with Crippen LogP contribution in [0.2, 0.25) is 0 Å². The van der Waals surface area contributed by atoms with E-state index in [4.69, 9.17) is 5.41 Å². The molecule has 0 spiro atoms. The fourth-order valence-electron chi connectivity index (χ4n) is 4.39. The summed E-state index contributed by atoms with van der Waals surface area (Å²) in [6.07, 6.45) is 3.18. The zero-order valence-corrected chi connectivity index (χ0v) is 22.4. The van der Waals surface area contributed by atoms with Gasteiger partial charge < -0.3 is 15.5 Å². The summed E-state index contributed by atoms with van der Waals surface area (Å²) in [6.45, 7) is 3.16. The van der Waals surface area contributed by atoms with Crippen LogP contribution in [-0.4, -0.2) is 75.6 Å². The number of hydrogen-bond acceptors (Lipinski definition) is 8. The molecule has 1 aromatic carbocycles. The predicted molar refractivity (Wildman–Crippen MR) is 149 cm³/mol. The Bertz CT molecular complexity index is 1500. The molecule has 212 valence electrons. The Balaban J connectivity index is 1.28. The highest BCUT2D eigenvalue weighted by atomic mass is 19.4. The molecule has 0 atom stereocenters. The third kappa shape index (κ3) is 7.45. The van der Waals surface area contributed by atoms with Gasteiger partial charge in [-0.2, -0.15) is 13.2 Å². The Morgan fingerprint density at radius 1 is 1.10 bits per heavy atom. The number of nitrogens with one attached hydrogen (secondary N) is 3. The average Bonchev–Trinajstić information content (AvgIpc) is 3.78. The molecule has 1 amide bonds. The van der Waals surface area contributed by atoms with Crippen LogP contribution < -0.4 is 10.6 Å². The monoisotopic (exact) mass is 562 g/mol. The molecule has 0 unspecified atom stereocenters. The number of halogens is 3. The first-order chi connectivity index (χ1) is 19.7. The number of carbonyl (C=O) groups is 1. The lowest BCUT2D eigenvalue weighted by atomic mass is 10.0. The van der Waals surface area contributed by atoms with Gasteiger partial charge in [-0.3, -0.25) is 20.1 Å². The maximum atomic E-state index is 13.9. The fourth-order valence-corrected chi connectivity index (χ4v) is 4.39. The van der Waals surface area contributed by atoms with E-state index in [1.54, 1.807) is 0 Å². The number of amides is 1. The third-order valence-corrected chi connectivity index (χ3v) is 6.90. The first-order valence-electron chi connectivity index (χ1n) is 13.2. The van der Waals surface area contributed by atoms with E-state index in [0.29, 0.717) is 36.1 Å². The number of hydrogen-bond donors (Lipinski definition) is 3. The first kappa shape index (κ1) is 28.2. The molecule has 3 N–H and O–H groups in total. The number of anilines is 2. The molecule has 3 aromatic rings. The quantitative estimate of drug-likeness (QED) is 0.296. The Morgan fingerprint density at radius 3 is 2.61 bits per heavy atom. The van der Waals surface area contributed by atoms with Crippen molar-refractivity contribution in [3.8, 4) is 11.8 Å². The predicted octanol–water partition coefficient (Wildman–Crippen LogP) is 3.88. The lowest BCUT2D eigenvalue weighted by Crippen LogP contribution is -2.44. The molecule has 1 saturated heterocycles. The summed E-state index contributed by atoms with van der Waals surface area (Å²) in [6, 6.07) is 5.68. The van der Waals surface area contributed by atoms with Crippen LogP contribution in [0.4, 0.5) is 24.7 Å². The molecular weight excluding hydrogens is 533 g/mol. The number of likely N-dealkylation sites (N-methyl/N-ethyl adjacent to an activating group) is 1. The Kier molecular flexibility index (Phi) is 8.28. The highest BCUT2D eigenvalue weighted by Crippen LogP contribution is 2.34. The van der Waals surface area contributed by atoms with E-state index < -0.39 is 17.6 Å².